The van der Waals surface area contributed by atoms with Crippen molar-refractivity contribution >= 4 is 38.9 Å². The van der Waals surface area contributed by atoms with Crippen molar-refractivity contribution < 1.29 is 30.7 Å². The molecular formula is C37H35N4O2Pt-. The average molecular weight is 763 g/mol. The molecule has 4 aromatic carbocycles. The fourth-order valence-electron chi connectivity index (χ4n) is 5.60. The number of anilines is 3. The van der Waals surface area contributed by atoms with Crippen molar-refractivity contribution in [3.8, 4) is 17.3 Å². The second-order valence-corrected chi connectivity index (χ2v) is 13.0. The number of hydroxylamine groups is 1. The first kappa shape index (κ1) is 29.9. The summed E-state index contributed by atoms with van der Waals surface area (Å²) in [4.78, 5) is 9.72. The van der Waals surface area contributed by atoms with E-state index >= 15 is 0 Å². The molecule has 2 aromatic heterocycles. The van der Waals surface area contributed by atoms with Crippen molar-refractivity contribution in [1.82, 2.24) is 9.55 Å². The second-order valence-electron chi connectivity index (χ2n) is 13.0. The molecule has 0 spiro atoms. The minimum absolute atomic E-state index is 0. The smallest absolute Gasteiger partial charge is 0.145 e. The van der Waals surface area contributed by atoms with Gasteiger partial charge in [-0.2, -0.15) is 17.1 Å². The summed E-state index contributed by atoms with van der Waals surface area (Å²) in [5, 5.41) is 6.21. The number of pyridine rings is 1. The summed E-state index contributed by atoms with van der Waals surface area (Å²) in [6.07, 6.45) is 1.89. The van der Waals surface area contributed by atoms with Gasteiger partial charge in [0.1, 0.15) is 22.7 Å². The van der Waals surface area contributed by atoms with Gasteiger partial charge in [-0.1, -0.05) is 56.6 Å². The van der Waals surface area contributed by atoms with Gasteiger partial charge in [0.05, 0.1) is 0 Å². The molecule has 226 valence electrons. The molecule has 1 N–H and O–H groups in total. The van der Waals surface area contributed by atoms with E-state index < -0.39 is 0 Å². The van der Waals surface area contributed by atoms with Gasteiger partial charge < -0.3 is 9.30 Å². The first-order chi connectivity index (χ1) is 20.6. The molecule has 6 nitrogen and oxygen atoms in total. The molecule has 7 rings (SSSR count). The Hall–Kier alpha value is -4.12. The van der Waals surface area contributed by atoms with Gasteiger partial charge >= 0.3 is 0 Å². The Kier molecular flexibility index (Phi) is 7.55. The molecule has 7 heteroatoms. The number of benzene rings is 4. The summed E-state index contributed by atoms with van der Waals surface area (Å²) in [6.45, 7) is 13.1. The Bertz CT molecular complexity index is 1990. The number of nitrogens with zero attached hydrogens (tertiary/aromatic N) is 4. The summed E-state index contributed by atoms with van der Waals surface area (Å²) in [5.74, 6) is 2.05. The summed E-state index contributed by atoms with van der Waals surface area (Å²) in [5.41, 5.74) is 5.91. The third-order valence-electron chi connectivity index (χ3n) is 7.75. The Labute approximate surface area is 273 Å². The zero-order valence-corrected chi connectivity index (χ0v) is 28.0. The monoisotopic (exact) mass is 762 g/mol. The van der Waals surface area contributed by atoms with E-state index in [4.69, 9.17) is 14.7 Å². The van der Waals surface area contributed by atoms with Crippen LogP contribution in [-0.2, 0) is 26.5 Å². The third-order valence-corrected chi connectivity index (χ3v) is 7.75. The van der Waals surface area contributed by atoms with E-state index in [2.05, 4.69) is 113 Å². The van der Waals surface area contributed by atoms with Gasteiger partial charge in [-0.3, -0.25) is 0 Å². The van der Waals surface area contributed by atoms with Crippen LogP contribution in [0.15, 0.2) is 97.2 Å². The van der Waals surface area contributed by atoms with E-state index in [1.165, 1.54) is 5.56 Å². The minimum atomic E-state index is -0.178. The molecule has 1 aliphatic rings. The molecule has 0 radical (unpaired) electrons. The normalized spacial score (nSPS) is 13.3. The minimum Gasteiger partial charge on any atom is -0.509 e. The van der Waals surface area contributed by atoms with Crippen LogP contribution < -0.4 is 14.9 Å². The SMILES string of the molecule is CC(C)(C)c1ccnc(-n2c3[c-]c(Oc4[c-]c(N5[OH+]N(C(C)(C)C)c6ccccc65)ccc4)ccc3c3ccccc32)c1.[Pt]. The van der Waals surface area contributed by atoms with Crippen molar-refractivity contribution in [3.63, 3.8) is 0 Å². The van der Waals surface area contributed by atoms with Crippen LogP contribution in [0.1, 0.15) is 47.1 Å². The van der Waals surface area contributed by atoms with E-state index in [-0.39, 0.29) is 32.0 Å². The number of ether oxygens (including phenoxy) is 1. The second kappa shape index (κ2) is 11.1. The fourth-order valence-corrected chi connectivity index (χ4v) is 5.60. The van der Waals surface area contributed by atoms with Crippen molar-refractivity contribution in [3.05, 3.63) is 115 Å². The van der Waals surface area contributed by atoms with Gasteiger partial charge in [0.25, 0.3) is 0 Å². The molecular weight excluding hydrogens is 728 g/mol. The molecule has 0 bridgehead atoms. The molecule has 1 aliphatic heterocycles. The van der Waals surface area contributed by atoms with Crippen LogP contribution in [0.25, 0.3) is 27.6 Å². The van der Waals surface area contributed by atoms with Gasteiger partial charge in [0.15, 0.2) is 0 Å². The molecule has 0 amide bonds. The van der Waals surface area contributed by atoms with Crippen molar-refractivity contribution in [2.24, 2.45) is 0 Å². The Morgan fingerprint density at radius 1 is 0.727 bits per heavy atom. The number of aromatic nitrogens is 2. The molecule has 0 unspecified atom stereocenters. The van der Waals surface area contributed by atoms with Gasteiger partial charge in [0.2, 0.25) is 0 Å². The fraction of sp³-hybridized carbons (Fsp3) is 0.216. The third kappa shape index (κ3) is 5.27. The number of hydrogen-bond donors (Lipinski definition) is 0. The van der Waals surface area contributed by atoms with Crippen LogP contribution >= 0.6 is 0 Å². The van der Waals surface area contributed by atoms with E-state index in [0.29, 0.717) is 11.5 Å². The molecule has 3 heterocycles. The molecule has 0 aliphatic carbocycles. The Morgan fingerprint density at radius 2 is 1.45 bits per heavy atom. The standard InChI is InChI=1S/C37H34N4O2.Pt/c1-36(2,3)25-20-21-38-35(22-25)39-31-15-8-7-14-29(31)30-19-18-28(24-34(30)39)42-27-13-11-12-26(23-27)40-32-16-9-10-17-33(32)41(43-40)37(4,5)6;/h7-22H,1-6H3;/q-2;/p+1. The Balaban J connectivity index is 0.00000343. The predicted molar refractivity (Wildman–Crippen MR) is 174 cm³/mol. The molecule has 0 atom stereocenters. The maximum Gasteiger partial charge on any atom is 0.145 e. The molecule has 44 heavy (non-hydrogen) atoms. The van der Waals surface area contributed by atoms with Crippen LogP contribution in [0.2, 0.25) is 0 Å². The van der Waals surface area contributed by atoms with Gasteiger partial charge in [-0.05, 0) is 67.5 Å². The van der Waals surface area contributed by atoms with E-state index in [1.54, 1.807) is 0 Å². The number of para-hydroxylation sites is 3. The number of fused-ring (bicyclic) bond motifs is 4. The Morgan fingerprint density at radius 3 is 2.23 bits per heavy atom. The quantitative estimate of drug-likeness (QED) is 0.133. The van der Waals surface area contributed by atoms with Crippen LogP contribution in [0.5, 0.6) is 11.5 Å². The van der Waals surface area contributed by atoms with E-state index in [9.17, 15) is 0 Å². The summed E-state index contributed by atoms with van der Waals surface area (Å²) < 4.78 is 8.58. The van der Waals surface area contributed by atoms with Crippen LogP contribution in [0, 0.1) is 12.1 Å². The van der Waals surface area contributed by atoms with E-state index in [0.717, 1.165) is 44.7 Å². The topological polar surface area (TPSA) is 46.3 Å². The molecule has 0 saturated carbocycles. The van der Waals surface area contributed by atoms with Crippen LogP contribution in [0.4, 0.5) is 17.1 Å². The average Bonchev–Trinajstić information content (AvgIpc) is 3.53. The van der Waals surface area contributed by atoms with Gasteiger partial charge in [-0.25, -0.2) is 4.98 Å². The summed E-state index contributed by atoms with van der Waals surface area (Å²) >= 11 is 0. The summed E-state index contributed by atoms with van der Waals surface area (Å²) in [6, 6.07) is 37.9. The van der Waals surface area contributed by atoms with Gasteiger partial charge in [-0.15, -0.1) is 45.8 Å². The van der Waals surface area contributed by atoms with Crippen molar-refractivity contribution in [2.45, 2.75) is 52.5 Å². The largest absolute Gasteiger partial charge is 0.509 e. The number of hydrogen-bond acceptors (Lipinski definition) is 4. The maximum absolute atomic E-state index is 6.41. The number of rotatable bonds is 4. The maximum atomic E-state index is 6.41. The molecule has 0 fully saturated rings. The predicted octanol–water partition coefficient (Wildman–Crippen LogP) is 9.46. The van der Waals surface area contributed by atoms with Crippen molar-refractivity contribution in [1.29, 1.82) is 0 Å². The first-order valence-corrected chi connectivity index (χ1v) is 14.6. The van der Waals surface area contributed by atoms with E-state index in [1.807, 2.05) is 52.7 Å². The van der Waals surface area contributed by atoms with Gasteiger partial charge in [0, 0.05) is 50.0 Å². The van der Waals surface area contributed by atoms with Crippen LogP contribution in [0.3, 0.4) is 0 Å². The summed E-state index contributed by atoms with van der Waals surface area (Å²) in [7, 11) is 0. The van der Waals surface area contributed by atoms with Crippen molar-refractivity contribution in [2.75, 3.05) is 10.1 Å². The first-order valence-electron chi connectivity index (χ1n) is 14.6. The van der Waals surface area contributed by atoms with Crippen LogP contribution in [-0.4, -0.2) is 20.0 Å². The molecule has 6 aromatic rings. The zero-order chi connectivity index (χ0) is 29.9. The zero-order valence-electron chi connectivity index (χ0n) is 25.7. The molecule has 0 saturated heterocycles.